The van der Waals surface area contributed by atoms with Gasteiger partial charge in [-0.3, -0.25) is 5.32 Å². The summed E-state index contributed by atoms with van der Waals surface area (Å²) in [6.45, 7) is 1.80. The summed E-state index contributed by atoms with van der Waals surface area (Å²) in [5.74, 6) is -1.17. The number of halogens is 2. The lowest BCUT2D eigenvalue weighted by Crippen LogP contribution is -2.14. The van der Waals surface area contributed by atoms with E-state index in [-0.39, 0.29) is 23.1 Å². The third-order valence-corrected chi connectivity index (χ3v) is 1.85. The summed E-state index contributed by atoms with van der Waals surface area (Å²) < 4.78 is 17.7. The molecule has 1 rings (SSSR count). The number of hydrogen-bond acceptors (Lipinski definition) is 3. The molecule has 0 aromatic heterocycles. The Kier molecular flexibility index (Phi) is 3.74. The van der Waals surface area contributed by atoms with Gasteiger partial charge in [0.2, 0.25) is 0 Å². The molecule has 6 heteroatoms. The molecule has 1 amide bonds. The molecule has 1 aromatic rings. The average molecular weight is 234 g/mol. The zero-order valence-corrected chi connectivity index (χ0v) is 8.64. The molecule has 82 valence electrons. The highest BCUT2D eigenvalue weighted by Crippen LogP contribution is 2.29. The first-order valence-electron chi connectivity index (χ1n) is 4.16. The van der Waals surface area contributed by atoms with Crippen molar-refractivity contribution in [2.75, 3.05) is 11.9 Å². The minimum absolute atomic E-state index is 0.0526. The van der Waals surface area contributed by atoms with Crippen LogP contribution in [0.3, 0.4) is 0 Å². The summed E-state index contributed by atoms with van der Waals surface area (Å²) in [5.41, 5.74) is -0.142. The number of phenolic OH excluding ortho intramolecular Hbond substituents is 1. The van der Waals surface area contributed by atoms with Crippen LogP contribution < -0.4 is 5.32 Å². The van der Waals surface area contributed by atoms with E-state index in [9.17, 15) is 9.18 Å². The Morgan fingerprint density at radius 1 is 1.67 bits per heavy atom. The van der Waals surface area contributed by atoms with Crippen molar-refractivity contribution in [2.45, 2.75) is 6.92 Å². The molecule has 0 bridgehead atoms. The smallest absolute Gasteiger partial charge is 0.411 e. The fraction of sp³-hybridized carbons (Fsp3) is 0.222. The van der Waals surface area contributed by atoms with Crippen LogP contribution in [0.25, 0.3) is 0 Å². The second kappa shape index (κ2) is 4.84. The molecule has 0 heterocycles. The summed E-state index contributed by atoms with van der Waals surface area (Å²) in [5, 5.41) is 11.1. The van der Waals surface area contributed by atoms with Crippen LogP contribution in [0.4, 0.5) is 14.9 Å². The van der Waals surface area contributed by atoms with Crippen LogP contribution in [0.5, 0.6) is 5.75 Å². The third-order valence-electron chi connectivity index (χ3n) is 1.55. The number of aromatic hydroxyl groups is 1. The van der Waals surface area contributed by atoms with Crippen LogP contribution in [-0.2, 0) is 4.74 Å². The quantitative estimate of drug-likeness (QED) is 0.773. The molecule has 0 saturated heterocycles. The first-order chi connectivity index (χ1) is 7.04. The van der Waals surface area contributed by atoms with Crippen molar-refractivity contribution < 1.29 is 19.0 Å². The number of anilines is 1. The third kappa shape index (κ3) is 2.99. The van der Waals surface area contributed by atoms with Crippen molar-refractivity contribution >= 4 is 23.4 Å². The molecule has 0 fully saturated rings. The normalized spacial score (nSPS) is 9.80. The van der Waals surface area contributed by atoms with Gasteiger partial charge < -0.3 is 9.84 Å². The predicted molar refractivity (Wildman–Crippen MR) is 53.7 cm³/mol. The van der Waals surface area contributed by atoms with Crippen LogP contribution in [0, 0.1) is 5.82 Å². The second-order valence-corrected chi connectivity index (χ2v) is 3.04. The lowest BCUT2D eigenvalue weighted by molar-refractivity contribution is 0.168. The Morgan fingerprint density at radius 3 is 2.93 bits per heavy atom. The number of nitrogens with one attached hydrogen (secondary N) is 1. The largest absolute Gasteiger partial charge is 0.506 e. The van der Waals surface area contributed by atoms with E-state index in [1.165, 1.54) is 0 Å². The van der Waals surface area contributed by atoms with Crippen LogP contribution in [-0.4, -0.2) is 17.8 Å². The molecule has 0 radical (unpaired) electrons. The molecule has 0 saturated carbocycles. The van der Waals surface area contributed by atoms with Gasteiger partial charge in [0.05, 0.1) is 17.3 Å². The molecule has 0 spiro atoms. The van der Waals surface area contributed by atoms with Gasteiger partial charge in [-0.2, -0.15) is 0 Å². The summed E-state index contributed by atoms with van der Waals surface area (Å²) in [6.07, 6.45) is -0.779. The molecule has 0 aliphatic carbocycles. The highest BCUT2D eigenvalue weighted by atomic mass is 35.5. The molecule has 1 aromatic carbocycles. The number of carbonyl (C=O) groups is 1. The average Bonchev–Trinajstić information content (AvgIpc) is 2.14. The Balaban J connectivity index is 2.86. The van der Waals surface area contributed by atoms with E-state index in [2.05, 4.69) is 10.1 Å². The van der Waals surface area contributed by atoms with Gasteiger partial charge in [-0.25, -0.2) is 9.18 Å². The molecular formula is C9H9ClFNO3. The van der Waals surface area contributed by atoms with Crippen molar-refractivity contribution in [1.29, 1.82) is 0 Å². The first kappa shape index (κ1) is 11.6. The number of amides is 1. The number of phenols is 1. The van der Waals surface area contributed by atoms with Crippen molar-refractivity contribution in [1.82, 2.24) is 0 Å². The molecule has 0 aliphatic rings. The number of rotatable bonds is 2. The van der Waals surface area contributed by atoms with Crippen molar-refractivity contribution in [3.05, 3.63) is 23.0 Å². The van der Waals surface area contributed by atoms with Crippen LogP contribution in [0.1, 0.15) is 6.92 Å². The van der Waals surface area contributed by atoms with Crippen LogP contribution >= 0.6 is 11.6 Å². The lowest BCUT2D eigenvalue weighted by atomic mass is 10.3. The maximum absolute atomic E-state index is 13.1. The van der Waals surface area contributed by atoms with E-state index in [0.717, 1.165) is 12.1 Å². The zero-order valence-electron chi connectivity index (χ0n) is 7.88. The second-order valence-electron chi connectivity index (χ2n) is 2.63. The summed E-state index contributed by atoms with van der Waals surface area (Å²) in [6, 6.07) is 1.91. The van der Waals surface area contributed by atoms with E-state index in [1.807, 2.05) is 0 Å². The molecule has 15 heavy (non-hydrogen) atoms. The van der Waals surface area contributed by atoms with Gasteiger partial charge in [-0.15, -0.1) is 0 Å². The van der Waals surface area contributed by atoms with E-state index >= 15 is 0 Å². The maximum Gasteiger partial charge on any atom is 0.411 e. The van der Waals surface area contributed by atoms with Gasteiger partial charge in [0, 0.05) is 6.07 Å². The van der Waals surface area contributed by atoms with Gasteiger partial charge in [-0.05, 0) is 13.0 Å². The van der Waals surface area contributed by atoms with Gasteiger partial charge in [0.1, 0.15) is 5.75 Å². The number of ether oxygens (including phenoxy) is 1. The van der Waals surface area contributed by atoms with E-state index in [1.54, 1.807) is 6.92 Å². The molecule has 0 unspecified atom stereocenters. The minimum atomic E-state index is -0.787. The fourth-order valence-corrected chi connectivity index (χ4v) is 1.07. The lowest BCUT2D eigenvalue weighted by Gasteiger charge is -2.07. The number of hydrogen-bond donors (Lipinski definition) is 2. The first-order valence-corrected chi connectivity index (χ1v) is 4.54. The van der Waals surface area contributed by atoms with Gasteiger partial charge >= 0.3 is 6.09 Å². The Morgan fingerprint density at radius 2 is 2.33 bits per heavy atom. The molecule has 2 N–H and O–H groups in total. The van der Waals surface area contributed by atoms with Gasteiger partial charge in [0.25, 0.3) is 0 Å². The summed E-state index contributed by atoms with van der Waals surface area (Å²) in [7, 11) is 0. The highest BCUT2D eigenvalue weighted by molar-refractivity contribution is 6.32. The summed E-state index contributed by atoms with van der Waals surface area (Å²) >= 11 is 5.54. The number of carbonyl (C=O) groups excluding carboxylic acids is 1. The van der Waals surface area contributed by atoms with Crippen LogP contribution in [0.15, 0.2) is 12.1 Å². The van der Waals surface area contributed by atoms with Gasteiger partial charge in [0.15, 0.2) is 5.82 Å². The summed E-state index contributed by atoms with van der Waals surface area (Å²) in [4.78, 5) is 11.0. The molecule has 0 atom stereocenters. The predicted octanol–water partition coefficient (Wildman–Crippen LogP) is 2.75. The zero-order chi connectivity index (χ0) is 11.4. The van der Waals surface area contributed by atoms with E-state index in [0.29, 0.717) is 0 Å². The Labute approximate surface area is 90.6 Å². The van der Waals surface area contributed by atoms with Crippen molar-refractivity contribution in [3.8, 4) is 5.75 Å². The topological polar surface area (TPSA) is 58.6 Å². The fourth-order valence-electron chi connectivity index (χ4n) is 0.909. The van der Waals surface area contributed by atoms with E-state index in [4.69, 9.17) is 16.7 Å². The molecular weight excluding hydrogens is 225 g/mol. The SMILES string of the molecule is CCOC(=O)Nc1cc(Cl)c(O)cc1F. The monoisotopic (exact) mass is 233 g/mol. The standard InChI is InChI=1S/C9H9ClFNO3/c1-2-15-9(14)12-7-3-5(10)8(13)4-6(7)11/h3-4,13H,2H2,1H3,(H,12,14). The number of benzene rings is 1. The Bertz CT molecular complexity index is 384. The molecule has 4 nitrogen and oxygen atoms in total. The van der Waals surface area contributed by atoms with Gasteiger partial charge in [-0.1, -0.05) is 11.6 Å². The van der Waals surface area contributed by atoms with Crippen molar-refractivity contribution in [2.24, 2.45) is 0 Å². The van der Waals surface area contributed by atoms with Crippen LogP contribution in [0.2, 0.25) is 5.02 Å². The van der Waals surface area contributed by atoms with E-state index < -0.39 is 11.9 Å². The highest BCUT2D eigenvalue weighted by Gasteiger charge is 2.10. The maximum atomic E-state index is 13.1. The Hall–Kier alpha value is -1.49. The van der Waals surface area contributed by atoms with Crippen molar-refractivity contribution in [3.63, 3.8) is 0 Å². The molecule has 0 aliphatic heterocycles. The minimum Gasteiger partial charge on any atom is -0.506 e.